The summed E-state index contributed by atoms with van der Waals surface area (Å²) < 4.78 is 7.36. The normalized spacial score (nSPS) is 10.7. The number of nitrogens with zero attached hydrogens (tertiary/aromatic N) is 3. The number of fused-ring (bicyclic) bond motifs is 1. The Balaban J connectivity index is 1.82. The van der Waals surface area contributed by atoms with E-state index in [1.165, 1.54) is 0 Å². The van der Waals surface area contributed by atoms with Crippen LogP contribution in [-0.4, -0.2) is 19.7 Å². The smallest absolute Gasteiger partial charge is 0.175 e. The van der Waals surface area contributed by atoms with Crippen molar-refractivity contribution in [1.82, 2.24) is 14.6 Å². The second-order valence-corrected chi connectivity index (χ2v) is 4.09. The van der Waals surface area contributed by atoms with Gasteiger partial charge in [-0.25, -0.2) is 0 Å². The summed E-state index contributed by atoms with van der Waals surface area (Å²) in [6.07, 6.45) is 1.80. The third-order valence-electron chi connectivity index (χ3n) is 2.69. The molecular weight excluding hydrogens is 244 g/mol. The molecule has 3 N–H and O–H groups in total. The summed E-state index contributed by atoms with van der Waals surface area (Å²) in [5.74, 6) is 1.40. The summed E-state index contributed by atoms with van der Waals surface area (Å²) in [4.78, 5) is 0. The van der Waals surface area contributed by atoms with Gasteiger partial charge < -0.3 is 15.6 Å². The van der Waals surface area contributed by atoms with Gasteiger partial charge in [-0.05, 0) is 18.2 Å². The summed E-state index contributed by atoms with van der Waals surface area (Å²) in [5.41, 5.74) is 6.99. The van der Waals surface area contributed by atoms with Crippen molar-refractivity contribution < 1.29 is 9.84 Å². The molecule has 0 radical (unpaired) electrons. The van der Waals surface area contributed by atoms with Crippen LogP contribution in [0.25, 0.3) is 5.65 Å². The van der Waals surface area contributed by atoms with Crippen LogP contribution in [0.5, 0.6) is 11.5 Å². The van der Waals surface area contributed by atoms with E-state index < -0.39 is 0 Å². The Bertz CT molecular complexity index is 723. The standard InChI is InChI=1S/C13H12N4O2/c14-9-4-5-17-12(6-9)15-16-13(17)8-19-11-3-1-2-10(18)7-11/h1-7,18H,8,14H2. The van der Waals surface area contributed by atoms with Crippen LogP contribution in [0.15, 0.2) is 42.6 Å². The molecule has 6 heteroatoms. The van der Waals surface area contributed by atoms with Crippen LogP contribution in [0.3, 0.4) is 0 Å². The van der Waals surface area contributed by atoms with Gasteiger partial charge in [-0.15, -0.1) is 10.2 Å². The molecule has 96 valence electrons. The van der Waals surface area contributed by atoms with Crippen LogP contribution >= 0.6 is 0 Å². The highest BCUT2D eigenvalue weighted by molar-refractivity contribution is 5.51. The fourth-order valence-electron chi connectivity index (χ4n) is 1.78. The van der Waals surface area contributed by atoms with Gasteiger partial charge in [0.25, 0.3) is 0 Å². The largest absolute Gasteiger partial charge is 0.508 e. The van der Waals surface area contributed by atoms with E-state index in [-0.39, 0.29) is 12.4 Å². The molecule has 6 nitrogen and oxygen atoms in total. The van der Waals surface area contributed by atoms with Crippen molar-refractivity contribution in [2.75, 3.05) is 5.73 Å². The van der Waals surface area contributed by atoms with E-state index in [0.717, 1.165) is 0 Å². The van der Waals surface area contributed by atoms with Crippen LogP contribution in [0.4, 0.5) is 5.69 Å². The van der Waals surface area contributed by atoms with E-state index in [1.54, 1.807) is 47.0 Å². The van der Waals surface area contributed by atoms with Gasteiger partial charge in [-0.1, -0.05) is 6.07 Å². The first-order chi connectivity index (χ1) is 9.22. The van der Waals surface area contributed by atoms with E-state index >= 15 is 0 Å². The molecule has 0 bridgehead atoms. The molecule has 0 unspecified atom stereocenters. The van der Waals surface area contributed by atoms with Crippen LogP contribution < -0.4 is 10.5 Å². The highest BCUT2D eigenvalue weighted by Gasteiger charge is 2.06. The van der Waals surface area contributed by atoms with Crippen molar-refractivity contribution in [3.63, 3.8) is 0 Å². The zero-order valence-corrected chi connectivity index (χ0v) is 10.0. The first kappa shape index (κ1) is 11.3. The summed E-state index contributed by atoms with van der Waals surface area (Å²) in [7, 11) is 0. The van der Waals surface area contributed by atoms with Crippen molar-refractivity contribution in [3.05, 3.63) is 48.4 Å². The van der Waals surface area contributed by atoms with Gasteiger partial charge >= 0.3 is 0 Å². The SMILES string of the molecule is Nc1ccn2c(COc3cccc(O)c3)nnc2c1. The van der Waals surface area contributed by atoms with Crippen molar-refractivity contribution in [2.24, 2.45) is 0 Å². The topological polar surface area (TPSA) is 85.7 Å². The molecule has 1 aromatic carbocycles. The number of nitrogens with two attached hydrogens (primary N) is 1. The zero-order chi connectivity index (χ0) is 13.2. The predicted octanol–water partition coefficient (Wildman–Crippen LogP) is 1.60. The van der Waals surface area contributed by atoms with E-state index in [9.17, 15) is 5.11 Å². The van der Waals surface area contributed by atoms with Crippen molar-refractivity contribution in [2.45, 2.75) is 6.61 Å². The van der Waals surface area contributed by atoms with Gasteiger partial charge in [0, 0.05) is 24.0 Å². The first-order valence-corrected chi connectivity index (χ1v) is 5.73. The minimum atomic E-state index is 0.163. The van der Waals surface area contributed by atoms with Crippen molar-refractivity contribution in [3.8, 4) is 11.5 Å². The number of aromatic nitrogens is 3. The monoisotopic (exact) mass is 256 g/mol. The predicted molar refractivity (Wildman–Crippen MR) is 69.8 cm³/mol. The summed E-state index contributed by atoms with van der Waals surface area (Å²) >= 11 is 0. The molecule has 0 amide bonds. The lowest BCUT2D eigenvalue weighted by molar-refractivity contribution is 0.293. The quantitative estimate of drug-likeness (QED) is 0.743. The molecule has 0 aliphatic carbocycles. The summed E-state index contributed by atoms with van der Waals surface area (Å²) in [6.45, 7) is 0.258. The fourth-order valence-corrected chi connectivity index (χ4v) is 1.78. The summed E-state index contributed by atoms with van der Waals surface area (Å²) in [6, 6.07) is 10.1. The molecule has 0 spiro atoms. The van der Waals surface area contributed by atoms with Gasteiger partial charge in [0.2, 0.25) is 0 Å². The molecule has 0 fully saturated rings. The minimum Gasteiger partial charge on any atom is -0.508 e. The number of aromatic hydroxyl groups is 1. The maximum Gasteiger partial charge on any atom is 0.175 e. The van der Waals surface area contributed by atoms with E-state index in [4.69, 9.17) is 10.5 Å². The third kappa shape index (κ3) is 2.28. The van der Waals surface area contributed by atoms with Crippen LogP contribution in [0.2, 0.25) is 0 Å². The fraction of sp³-hybridized carbons (Fsp3) is 0.0769. The molecule has 2 aromatic heterocycles. The van der Waals surface area contributed by atoms with Gasteiger partial charge in [0.05, 0.1) is 0 Å². The van der Waals surface area contributed by atoms with E-state index in [1.807, 2.05) is 0 Å². The number of pyridine rings is 1. The van der Waals surface area contributed by atoms with Crippen LogP contribution in [-0.2, 0) is 6.61 Å². The second-order valence-electron chi connectivity index (χ2n) is 4.09. The molecule has 0 saturated carbocycles. The number of benzene rings is 1. The second kappa shape index (κ2) is 4.49. The molecule has 19 heavy (non-hydrogen) atoms. The molecule has 3 rings (SSSR count). The van der Waals surface area contributed by atoms with Crippen LogP contribution in [0.1, 0.15) is 5.82 Å². The number of hydrogen-bond donors (Lipinski definition) is 2. The average molecular weight is 256 g/mol. The van der Waals surface area contributed by atoms with Crippen LogP contribution in [0, 0.1) is 0 Å². The van der Waals surface area contributed by atoms with Crippen molar-refractivity contribution >= 4 is 11.3 Å². The van der Waals surface area contributed by atoms with Gasteiger partial charge in [-0.2, -0.15) is 0 Å². The first-order valence-electron chi connectivity index (χ1n) is 5.73. The third-order valence-corrected chi connectivity index (χ3v) is 2.69. The van der Waals surface area contributed by atoms with E-state index in [2.05, 4.69) is 10.2 Å². The molecule has 0 saturated heterocycles. The molecule has 0 aliphatic rings. The molecule has 0 aliphatic heterocycles. The Labute approximate surface area is 109 Å². The maximum atomic E-state index is 9.35. The molecule has 2 heterocycles. The van der Waals surface area contributed by atoms with Gasteiger partial charge in [-0.3, -0.25) is 4.40 Å². The molecule has 3 aromatic rings. The number of ether oxygens (including phenoxy) is 1. The highest BCUT2D eigenvalue weighted by atomic mass is 16.5. The number of anilines is 1. The Morgan fingerprint density at radius 1 is 1.21 bits per heavy atom. The molecular formula is C13H12N4O2. The Morgan fingerprint density at radius 3 is 2.95 bits per heavy atom. The zero-order valence-electron chi connectivity index (χ0n) is 10.0. The Hall–Kier alpha value is -2.76. The average Bonchev–Trinajstić information content (AvgIpc) is 2.78. The lowest BCUT2D eigenvalue weighted by Crippen LogP contribution is -2.01. The Kier molecular flexibility index (Phi) is 2.68. The number of nitrogen functional groups attached to an aromatic ring is 1. The maximum absolute atomic E-state index is 9.35. The van der Waals surface area contributed by atoms with Crippen molar-refractivity contribution in [1.29, 1.82) is 0 Å². The minimum absolute atomic E-state index is 0.163. The lowest BCUT2D eigenvalue weighted by atomic mass is 10.3. The molecule has 0 atom stereocenters. The number of hydrogen-bond acceptors (Lipinski definition) is 5. The van der Waals surface area contributed by atoms with Gasteiger partial charge in [0.1, 0.15) is 18.1 Å². The number of phenols is 1. The number of phenolic OH excluding ortho intramolecular Hbond substituents is 1. The highest BCUT2D eigenvalue weighted by Crippen LogP contribution is 2.19. The summed E-state index contributed by atoms with van der Waals surface area (Å²) in [5, 5.41) is 17.4. The van der Waals surface area contributed by atoms with Gasteiger partial charge in [0.15, 0.2) is 11.5 Å². The van der Waals surface area contributed by atoms with E-state index in [0.29, 0.717) is 22.9 Å². The lowest BCUT2D eigenvalue weighted by Gasteiger charge is -2.05. The Morgan fingerprint density at radius 2 is 2.11 bits per heavy atom. The number of rotatable bonds is 3.